The molecule has 0 spiro atoms. The zero-order valence-corrected chi connectivity index (χ0v) is 17.0. The van der Waals surface area contributed by atoms with E-state index in [1.807, 2.05) is 45.0 Å². The Balaban J connectivity index is 1.75. The van der Waals surface area contributed by atoms with Crippen LogP contribution >= 0.6 is 11.6 Å². The highest BCUT2D eigenvalue weighted by Crippen LogP contribution is 2.24. The third-order valence-electron chi connectivity index (χ3n) is 4.01. The second kappa shape index (κ2) is 10.8. The van der Waals surface area contributed by atoms with Crippen LogP contribution < -0.4 is 14.8 Å². The number of para-hydroxylation sites is 1. The molecule has 0 aliphatic carbocycles. The summed E-state index contributed by atoms with van der Waals surface area (Å²) in [5.41, 5.74) is 1.22. The molecule has 0 aliphatic rings. The first-order valence-corrected chi connectivity index (χ1v) is 9.82. The molecule has 4 nitrogen and oxygen atoms in total. The number of aryl methyl sites for hydroxylation is 1. The van der Waals surface area contributed by atoms with E-state index >= 15 is 0 Å². The number of nitrogens with one attached hydrogen (secondary N) is 1. The van der Waals surface area contributed by atoms with Crippen LogP contribution in [0.25, 0.3) is 0 Å². The summed E-state index contributed by atoms with van der Waals surface area (Å²) in [4.78, 5) is 12.4. The van der Waals surface area contributed by atoms with Gasteiger partial charge in [0.15, 0.2) is 6.10 Å². The van der Waals surface area contributed by atoms with Crippen LogP contribution in [-0.4, -0.2) is 24.7 Å². The number of hydrogen-bond acceptors (Lipinski definition) is 3. The lowest BCUT2D eigenvalue weighted by Crippen LogP contribution is -2.38. The molecule has 2 rings (SSSR count). The largest absolute Gasteiger partial charge is 0.491 e. The summed E-state index contributed by atoms with van der Waals surface area (Å²) in [6.45, 7) is 6.54. The van der Waals surface area contributed by atoms with Crippen LogP contribution in [0.4, 0.5) is 0 Å². The number of benzene rings is 2. The molecule has 2 aromatic rings. The van der Waals surface area contributed by atoms with Crippen molar-refractivity contribution in [3.8, 4) is 11.5 Å². The van der Waals surface area contributed by atoms with Gasteiger partial charge >= 0.3 is 0 Å². The molecule has 0 aromatic heterocycles. The van der Waals surface area contributed by atoms with Crippen LogP contribution in [0.3, 0.4) is 0 Å². The van der Waals surface area contributed by atoms with Gasteiger partial charge in [-0.15, -0.1) is 0 Å². The van der Waals surface area contributed by atoms with E-state index in [0.29, 0.717) is 23.7 Å². The molecule has 0 heterocycles. The van der Waals surface area contributed by atoms with Crippen molar-refractivity contribution in [2.45, 2.75) is 52.2 Å². The van der Waals surface area contributed by atoms with E-state index in [1.54, 1.807) is 12.1 Å². The Morgan fingerprint density at radius 1 is 1.07 bits per heavy atom. The summed E-state index contributed by atoms with van der Waals surface area (Å²) in [7, 11) is 0. The predicted octanol–water partition coefficient (Wildman–Crippen LogP) is 5.03. The van der Waals surface area contributed by atoms with Gasteiger partial charge in [0.1, 0.15) is 11.5 Å². The molecule has 1 amide bonds. The number of carbonyl (C=O) groups is 1. The van der Waals surface area contributed by atoms with E-state index in [-0.39, 0.29) is 12.0 Å². The molecule has 2 aromatic carbocycles. The molecular weight excluding hydrogens is 362 g/mol. The highest BCUT2D eigenvalue weighted by atomic mass is 35.5. The van der Waals surface area contributed by atoms with E-state index in [1.165, 1.54) is 5.56 Å². The molecular formula is C22H28ClNO3. The Bertz CT molecular complexity index is 716. The molecule has 0 bridgehead atoms. The SMILES string of the molecule is CC[C@@H](Oc1ccccc1Cl)C(=O)NCCCc1ccc(OC(C)C)cc1. The van der Waals surface area contributed by atoms with Crippen molar-refractivity contribution in [2.24, 2.45) is 0 Å². The molecule has 0 aliphatic heterocycles. The smallest absolute Gasteiger partial charge is 0.261 e. The van der Waals surface area contributed by atoms with Crippen molar-refractivity contribution in [3.63, 3.8) is 0 Å². The monoisotopic (exact) mass is 389 g/mol. The first kappa shape index (κ1) is 21.1. The molecule has 5 heteroatoms. The number of carbonyl (C=O) groups excluding carboxylic acids is 1. The van der Waals surface area contributed by atoms with Crippen LogP contribution in [0.2, 0.25) is 5.02 Å². The van der Waals surface area contributed by atoms with Crippen molar-refractivity contribution in [1.29, 1.82) is 0 Å². The highest BCUT2D eigenvalue weighted by molar-refractivity contribution is 6.32. The van der Waals surface area contributed by atoms with E-state index in [4.69, 9.17) is 21.1 Å². The Kier molecular flexibility index (Phi) is 8.46. The van der Waals surface area contributed by atoms with E-state index < -0.39 is 6.10 Å². The molecule has 0 unspecified atom stereocenters. The van der Waals surface area contributed by atoms with Crippen LogP contribution in [0.15, 0.2) is 48.5 Å². The van der Waals surface area contributed by atoms with Crippen molar-refractivity contribution in [3.05, 3.63) is 59.1 Å². The molecule has 1 atom stereocenters. The summed E-state index contributed by atoms with van der Waals surface area (Å²) in [5.74, 6) is 1.30. The van der Waals surface area contributed by atoms with Gasteiger partial charge in [-0.25, -0.2) is 0 Å². The van der Waals surface area contributed by atoms with Crippen LogP contribution in [0.5, 0.6) is 11.5 Å². The van der Waals surface area contributed by atoms with Gasteiger partial charge in [0.25, 0.3) is 5.91 Å². The summed E-state index contributed by atoms with van der Waals surface area (Å²) >= 11 is 6.10. The molecule has 0 saturated heterocycles. The van der Waals surface area contributed by atoms with Crippen molar-refractivity contribution >= 4 is 17.5 Å². The fourth-order valence-corrected chi connectivity index (χ4v) is 2.82. The number of hydrogen-bond donors (Lipinski definition) is 1. The van der Waals surface area contributed by atoms with Crippen LogP contribution in [-0.2, 0) is 11.2 Å². The summed E-state index contributed by atoms with van der Waals surface area (Å²) < 4.78 is 11.4. The minimum atomic E-state index is -0.544. The summed E-state index contributed by atoms with van der Waals surface area (Å²) in [6.07, 6.45) is 1.96. The predicted molar refractivity (Wildman–Crippen MR) is 110 cm³/mol. The van der Waals surface area contributed by atoms with Crippen molar-refractivity contribution in [1.82, 2.24) is 5.32 Å². The van der Waals surface area contributed by atoms with E-state index in [2.05, 4.69) is 17.4 Å². The average Bonchev–Trinajstić information content (AvgIpc) is 2.65. The Labute approximate surface area is 166 Å². The average molecular weight is 390 g/mol. The van der Waals surface area contributed by atoms with E-state index in [9.17, 15) is 4.79 Å². The van der Waals surface area contributed by atoms with Gasteiger partial charge in [0, 0.05) is 6.54 Å². The lowest BCUT2D eigenvalue weighted by atomic mass is 10.1. The van der Waals surface area contributed by atoms with Crippen molar-refractivity contribution < 1.29 is 14.3 Å². The van der Waals surface area contributed by atoms with Crippen molar-refractivity contribution in [2.75, 3.05) is 6.54 Å². The molecule has 1 N–H and O–H groups in total. The number of halogens is 1. The molecule has 146 valence electrons. The molecule has 0 radical (unpaired) electrons. The minimum Gasteiger partial charge on any atom is -0.491 e. The second-order valence-electron chi connectivity index (χ2n) is 6.65. The normalized spacial score (nSPS) is 11.9. The fourth-order valence-electron chi connectivity index (χ4n) is 2.64. The van der Waals surface area contributed by atoms with Gasteiger partial charge in [0.2, 0.25) is 0 Å². The summed E-state index contributed by atoms with van der Waals surface area (Å²) in [5, 5.41) is 3.46. The highest BCUT2D eigenvalue weighted by Gasteiger charge is 2.18. The summed E-state index contributed by atoms with van der Waals surface area (Å²) in [6, 6.07) is 15.3. The zero-order chi connectivity index (χ0) is 19.6. The van der Waals surface area contributed by atoms with Gasteiger partial charge in [-0.2, -0.15) is 0 Å². The topological polar surface area (TPSA) is 47.6 Å². The Hall–Kier alpha value is -2.20. The first-order chi connectivity index (χ1) is 13.0. The van der Waals surface area contributed by atoms with Gasteiger partial charge in [-0.05, 0) is 62.9 Å². The molecule has 0 fully saturated rings. The first-order valence-electron chi connectivity index (χ1n) is 9.44. The number of ether oxygens (including phenoxy) is 2. The fraction of sp³-hybridized carbons (Fsp3) is 0.409. The minimum absolute atomic E-state index is 0.113. The van der Waals surface area contributed by atoms with Crippen LogP contribution in [0, 0.1) is 0 Å². The number of rotatable bonds is 10. The maximum atomic E-state index is 12.4. The van der Waals surface area contributed by atoms with Gasteiger partial charge in [-0.1, -0.05) is 42.8 Å². The van der Waals surface area contributed by atoms with Gasteiger partial charge < -0.3 is 14.8 Å². The van der Waals surface area contributed by atoms with E-state index in [0.717, 1.165) is 18.6 Å². The third-order valence-corrected chi connectivity index (χ3v) is 4.32. The quantitative estimate of drug-likeness (QED) is 0.579. The maximum absolute atomic E-state index is 12.4. The molecule has 27 heavy (non-hydrogen) atoms. The number of amides is 1. The Morgan fingerprint density at radius 2 is 1.78 bits per heavy atom. The van der Waals surface area contributed by atoms with Gasteiger partial charge in [0.05, 0.1) is 11.1 Å². The molecule has 0 saturated carbocycles. The van der Waals surface area contributed by atoms with Gasteiger partial charge in [-0.3, -0.25) is 4.79 Å². The maximum Gasteiger partial charge on any atom is 0.261 e. The Morgan fingerprint density at radius 3 is 2.41 bits per heavy atom. The third kappa shape index (κ3) is 7.14. The lowest BCUT2D eigenvalue weighted by molar-refractivity contribution is -0.128. The standard InChI is InChI=1S/C22H28ClNO3/c1-4-20(27-21-10-6-5-9-19(21)23)22(25)24-15-7-8-17-11-13-18(14-12-17)26-16(2)3/h5-6,9-14,16,20H,4,7-8,15H2,1-3H3,(H,24,25)/t20-/m1/s1. The van der Waals surface area contributed by atoms with Crippen LogP contribution in [0.1, 0.15) is 39.2 Å². The zero-order valence-electron chi connectivity index (χ0n) is 16.2. The lowest BCUT2D eigenvalue weighted by Gasteiger charge is -2.18. The second-order valence-corrected chi connectivity index (χ2v) is 7.06.